The van der Waals surface area contributed by atoms with Gasteiger partial charge in [0.25, 0.3) is 5.91 Å². The van der Waals surface area contributed by atoms with Crippen molar-refractivity contribution in [3.8, 4) is 16.9 Å². The summed E-state index contributed by atoms with van der Waals surface area (Å²) >= 11 is 0. The molecule has 1 aliphatic rings. The van der Waals surface area contributed by atoms with Crippen LogP contribution < -0.4 is 10.0 Å². The molecule has 1 aromatic heterocycles. The quantitative estimate of drug-likeness (QED) is 0.390. The lowest BCUT2D eigenvalue weighted by Gasteiger charge is -2.08. The highest BCUT2D eigenvalue weighted by atomic mass is 32.2. The second-order valence-corrected chi connectivity index (χ2v) is 10.5. The molecular weight excluding hydrogens is 460 g/mol. The number of nitrogens with one attached hydrogen (secondary N) is 2. The van der Waals surface area contributed by atoms with Gasteiger partial charge in [-0.3, -0.25) is 4.79 Å². The Bertz CT molecular complexity index is 1460. The van der Waals surface area contributed by atoms with E-state index in [0.717, 1.165) is 35.2 Å². The monoisotopic (exact) mass is 486 g/mol. The number of hydrogen-bond donors (Lipinski definition) is 2. The predicted molar refractivity (Wildman–Crippen MR) is 135 cm³/mol. The molecule has 7 nitrogen and oxygen atoms in total. The van der Waals surface area contributed by atoms with Crippen LogP contribution in [0.1, 0.15) is 34.3 Å². The molecule has 1 aliphatic carbocycles. The fraction of sp³-hybridized carbons (Fsp3) is 0.185. The number of carbonyl (C=O) groups excluding carboxylic acids is 1. The first-order chi connectivity index (χ1) is 16.9. The van der Waals surface area contributed by atoms with Gasteiger partial charge in [-0.15, -0.1) is 0 Å². The topological polar surface area (TPSA) is 93.1 Å². The number of aryl methyl sites for hydroxylation is 1. The Morgan fingerprint density at radius 1 is 1.00 bits per heavy atom. The fourth-order valence-electron chi connectivity index (χ4n) is 3.81. The number of aromatic nitrogens is 2. The van der Waals surface area contributed by atoms with Gasteiger partial charge < -0.3 is 5.32 Å². The Labute approximate surface area is 204 Å². The van der Waals surface area contributed by atoms with E-state index in [-0.39, 0.29) is 23.4 Å². The van der Waals surface area contributed by atoms with Crippen molar-refractivity contribution in [1.29, 1.82) is 0 Å². The van der Waals surface area contributed by atoms with E-state index in [9.17, 15) is 13.2 Å². The van der Waals surface area contributed by atoms with E-state index in [1.54, 1.807) is 35.1 Å². The first kappa shape index (κ1) is 23.0. The van der Waals surface area contributed by atoms with Gasteiger partial charge in [0, 0.05) is 24.3 Å². The van der Waals surface area contributed by atoms with Crippen molar-refractivity contribution in [3.63, 3.8) is 0 Å². The normalized spacial score (nSPS) is 13.5. The zero-order valence-electron chi connectivity index (χ0n) is 19.3. The van der Waals surface area contributed by atoms with Crippen LogP contribution in [0.25, 0.3) is 16.9 Å². The lowest BCUT2D eigenvalue weighted by molar-refractivity contribution is 0.0951. The van der Waals surface area contributed by atoms with Crippen molar-refractivity contribution < 1.29 is 13.2 Å². The summed E-state index contributed by atoms with van der Waals surface area (Å²) in [5.41, 5.74) is 4.67. The molecular formula is C27H26N4O3S. The van der Waals surface area contributed by atoms with Gasteiger partial charge in [-0.25, -0.2) is 17.8 Å². The molecule has 0 aliphatic heterocycles. The van der Waals surface area contributed by atoms with Gasteiger partial charge in [0.05, 0.1) is 16.1 Å². The Morgan fingerprint density at radius 2 is 1.74 bits per heavy atom. The number of benzene rings is 3. The molecule has 35 heavy (non-hydrogen) atoms. The minimum Gasteiger partial charge on any atom is -0.348 e. The van der Waals surface area contributed by atoms with Gasteiger partial charge in [0.1, 0.15) is 5.69 Å². The Kier molecular flexibility index (Phi) is 6.23. The molecule has 1 amide bonds. The summed E-state index contributed by atoms with van der Waals surface area (Å²) in [6, 6.07) is 24.2. The van der Waals surface area contributed by atoms with Gasteiger partial charge in [-0.1, -0.05) is 54.1 Å². The molecule has 0 bridgehead atoms. The van der Waals surface area contributed by atoms with E-state index in [1.807, 2.05) is 61.5 Å². The van der Waals surface area contributed by atoms with Gasteiger partial charge >= 0.3 is 0 Å². The van der Waals surface area contributed by atoms with Crippen molar-refractivity contribution in [1.82, 2.24) is 19.8 Å². The number of rotatable bonds is 8. The summed E-state index contributed by atoms with van der Waals surface area (Å²) in [6.45, 7) is 2.26. The van der Waals surface area contributed by atoms with E-state index >= 15 is 0 Å². The van der Waals surface area contributed by atoms with Crippen LogP contribution >= 0.6 is 0 Å². The highest BCUT2D eigenvalue weighted by molar-refractivity contribution is 7.89. The SMILES string of the molecule is Cc1cccc(-c2nn(-c3ccccc3)cc2C(=O)NCc2ccc(S(=O)(=O)NC3CC3)cc2)c1. The second kappa shape index (κ2) is 9.48. The summed E-state index contributed by atoms with van der Waals surface area (Å²) in [4.78, 5) is 13.5. The maximum Gasteiger partial charge on any atom is 0.255 e. The minimum absolute atomic E-state index is 0.0540. The van der Waals surface area contributed by atoms with Crippen molar-refractivity contribution in [2.45, 2.75) is 37.2 Å². The molecule has 0 radical (unpaired) electrons. The molecule has 1 saturated carbocycles. The molecule has 5 rings (SSSR count). The number of nitrogens with zero attached hydrogens (tertiary/aromatic N) is 2. The van der Waals surface area contributed by atoms with Crippen molar-refractivity contribution in [3.05, 3.63) is 102 Å². The zero-order valence-corrected chi connectivity index (χ0v) is 20.1. The third-order valence-corrected chi connectivity index (χ3v) is 7.39. The van der Waals surface area contributed by atoms with Gasteiger partial charge in [0.2, 0.25) is 10.0 Å². The Balaban J connectivity index is 1.36. The largest absolute Gasteiger partial charge is 0.348 e. The number of carbonyl (C=O) groups is 1. The number of sulfonamides is 1. The molecule has 0 spiro atoms. The Hall–Kier alpha value is -3.75. The lowest BCUT2D eigenvalue weighted by Crippen LogP contribution is -2.26. The zero-order chi connectivity index (χ0) is 24.4. The molecule has 2 N–H and O–H groups in total. The molecule has 0 atom stereocenters. The minimum atomic E-state index is -3.50. The molecule has 1 heterocycles. The smallest absolute Gasteiger partial charge is 0.255 e. The van der Waals surface area contributed by atoms with Crippen molar-refractivity contribution in [2.24, 2.45) is 0 Å². The molecule has 178 valence electrons. The predicted octanol–water partition coefficient (Wildman–Crippen LogP) is 4.22. The summed E-state index contributed by atoms with van der Waals surface area (Å²) in [5, 5.41) is 7.67. The van der Waals surface area contributed by atoms with Crippen LogP contribution in [0.2, 0.25) is 0 Å². The number of amides is 1. The van der Waals surface area contributed by atoms with Crippen LogP contribution in [-0.2, 0) is 16.6 Å². The molecule has 0 saturated heterocycles. The standard InChI is InChI=1S/C27H26N4O3S/c1-19-6-5-7-21(16-19)26-25(18-31(29-26)23-8-3-2-4-9-23)27(32)28-17-20-10-14-24(15-11-20)35(33,34)30-22-12-13-22/h2-11,14-16,18,22,30H,12-13,17H2,1H3,(H,28,32). The average molecular weight is 487 g/mol. The summed E-state index contributed by atoms with van der Waals surface area (Å²) in [5.74, 6) is -0.254. The van der Waals surface area contributed by atoms with E-state index in [1.165, 1.54) is 0 Å². The maximum absolute atomic E-state index is 13.2. The Morgan fingerprint density at radius 3 is 2.43 bits per heavy atom. The summed E-state index contributed by atoms with van der Waals surface area (Å²) in [6.07, 6.45) is 3.50. The van der Waals surface area contributed by atoms with E-state index in [0.29, 0.717) is 11.3 Å². The van der Waals surface area contributed by atoms with Gasteiger partial charge in [-0.2, -0.15) is 5.10 Å². The van der Waals surface area contributed by atoms with Crippen molar-refractivity contribution >= 4 is 15.9 Å². The molecule has 1 fully saturated rings. The lowest BCUT2D eigenvalue weighted by atomic mass is 10.1. The van der Waals surface area contributed by atoms with E-state index in [2.05, 4.69) is 10.0 Å². The van der Waals surface area contributed by atoms with E-state index in [4.69, 9.17) is 5.10 Å². The molecule has 3 aromatic carbocycles. The fourth-order valence-corrected chi connectivity index (χ4v) is 5.12. The van der Waals surface area contributed by atoms with Crippen LogP contribution in [0.5, 0.6) is 0 Å². The maximum atomic E-state index is 13.2. The third kappa shape index (κ3) is 5.34. The molecule has 0 unspecified atom stereocenters. The van der Waals surface area contributed by atoms with Crippen LogP contribution in [0.15, 0.2) is 90.0 Å². The van der Waals surface area contributed by atoms with Crippen LogP contribution in [0, 0.1) is 6.92 Å². The van der Waals surface area contributed by atoms with Crippen LogP contribution in [-0.4, -0.2) is 30.1 Å². The number of para-hydroxylation sites is 1. The molecule has 4 aromatic rings. The van der Waals surface area contributed by atoms with Crippen molar-refractivity contribution in [2.75, 3.05) is 0 Å². The molecule has 8 heteroatoms. The third-order valence-electron chi connectivity index (χ3n) is 5.86. The van der Waals surface area contributed by atoms with Gasteiger partial charge in [-0.05, 0) is 55.7 Å². The summed E-state index contributed by atoms with van der Waals surface area (Å²) in [7, 11) is -3.50. The summed E-state index contributed by atoms with van der Waals surface area (Å²) < 4.78 is 29.1. The highest BCUT2D eigenvalue weighted by Gasteiger charge is 2.27. The second-order valence-electron chi connectivity index (χ2n) is 8.76. The van der Waals surface area contributed by atoms with Crippen LogP contribution in [0.4, 0.5) is 0 Å². The first-order valence-electron chi connectivity index (χ1n) is 11.5. The van der Waals surface area contributed by atoms with E-state index < -0.39 is 10.0 Å². The highest BCUT2D eigenvalue weighted by Crippen LogP contribution is 2.25. The average Bonchev–Trinajstić information content (AvgIpc) is 3.55. The number of hydrogen-bond acceptors (Lipinski definition) is 4. The first-order valence-corrected chi connectivity index (χ1v) is 13.0. The van der Waals surface area contributed by atoms with Crippen LogP contribution in [0.3, 0.4) is 0 Å². The van der Waals surface area contributed by atoms with Gasteiger partial charge in [0.15, 0.2) is 0 Å².